The molecule has 3 saturated carbocycles. The molecule has 2 bridgehead atoms. The summed E-state index contributed by atoms with van der Waals surface area (Å²) in [6, 6.07) is 0. The van der Waals surface area contributed by atoms with Crippen molar-refractivity contribution in [3.63, 3.8) is 0 Å². The maximum atomic E-state index is 3.91. The van der Waals surface area contributed by atoms with Gasteiger partial charge < -0.3 is 10.6 Å². The minimum Gasteiger partial charge on any atom is -0.315 e. The molecule has 0 radical (unpaired) electrons. The van der Waals surface area contributed by atoms with Gasteiger partial charge in [-0.05, 0) is 57.4 Å². The van der Waals surface area contributed by atoms with Gasteiger partial charge in [0.1, 0.15) is 0 Å². The van der Waals surface area contributed by atoms with E-state index in [2.05, 4.69) is 17.6 Å². The van der Waals surface area contributed by atoms with Crippen LogP contribution in [0.2, 0.25) is 0 Å². The summed E-state index contributed by atoms with van der Waals surface area (Å²) in [5.74, 6) is 1.07. The highest BCUT2D eigenvalue weighted by Gasteiger charge is 2.39. The monoisotopic (exact) mass is 364 g/mol. The molecule has 0 heterocycles. The van der Waals surface area contributed by atoms with Gasteiger partial charge in [0, 0.05) is 18.6 Å². The van der Waals surface area contributed by atoms with Crippen LogP contribution in [-0.4, -0.2) is 25.2 Å². The van der Waals surface area contributed by atoms with E-state index in [9.17, 15) is 0 Å². The number of nitrogens with one attached hydrogen (secondary N) is 2. The number of hydrogen-bond donors (Lipinski definition) is 2. The van der Waals surface area contributed by atoms with Crippen molar-refractivity contribution >= 4 is 0 Å². The first-order valence-electron chi connectivity index (χ1n) is 12.3. The molecule has 154 valence electrons. The Morgan fingerprint density at radius 3 is 1.65 bits per heavy atom. The molecular weight excluding hydrogens is 316 g/mol. The van der Waals surface area contributed by atoms with Crippen LogP contribution in [0.3, 0.4) is 0 Å². The Morgan fingerprint density at radius 2 is 1.12 bits per heavy atom. The maximum Gasteiger partial charge on any atom is 0.0182 e. The lowest BCUT2D eigenvalue weighted by atomic mass is 9.66. The smallest absolute Gasteiger partial charge is 0.0182 e. The van der Waals surface area contributed by atoms with Crippen LogP contribution in [0.4, 0.5) is 0 Å². The first kappa shape index (κ1) is 22.2. The van der Waals surface area contributed by atoms with Gasteiger partial charge in [0.05, 0.1) is 0 Å². The molecule has 0 aromatic rings. The molecule has 26 heavy (non-hydrogen) atoms. The zero-order valence-corrected chi connectivity index (χ0v) is 17.9. The summed E-state index contributed by atoms with van der Waals surface area (Å²) < 4.78 is 0. The van der Waals surface area contributed by atoms with Crippen molar-refractivity contribution in [2.75, 3.05) is 19.6 Å². The number of unbranched alkanes of at least 4 members (excludes halogenated alkanes) is 11. The second-order valence-electron chi connectivity index (χ2n) is 9.33. The summed E-state index contributed by atoms with van der Waals surface area (Å²) in [4.78, 5) is 0. The number of hydrogen-bond acceptors (Lipinski definition) is 2. The van der Waals surface area contributed by atoms with E-state index >= 15 is 0 Å². The SMILES string of the molecule is CCCCCCCCCCCCCCNCCNC12CCC(CC1)CC2. The van der Waals surface area contributed by atoms with Crippen LogP contribution in [0.5, 0.6) is 0 Å². The third-order valence-corrected chi connectivity index (χ3v) is 7.10. The average Bonchev–Trinajstić information content (AvgIpc) is 2.69. The molecule has 3 rings (SSSR count). The summed E-state index contributed by atoms with van der Waals surface area (Å²) in [7, 11) is 0. The van der Waals surface area contributed by atoms with Gasteiger partial charge in [-0.2, -0.15) is 0 Å². The maximum absolute atomic E-state index is 3.91. The lowest BCUT2D eigenvalue weighted by Gasteiger charge is -2.47. The molecule has 2 heteroatoms. The molecule has 0 aromatic heterocycles. The van der Waals surface area contributed by atoms with E-state index in [-0.39, 0.29) is 0 Å². The fourth-order valence-corrected chi connectivity index (χ4v) is 5.15. The van der Waals surface area contributed by atoms with Gasteiger partial charge in [-0.25, -0.2) is 0 Å². The molecule has 3 aliphatic rings. The van der Waals surface area contributed by atoms with E-state index in [1.807, 2.05) is 0 Å². The van der Waals surface area contributed by atoms with Gasteiger partial charge >= 0.3 is 0 Å². The zero-order chi connectivity index (χ0) is 18.3. The highest BCUT2D eigenvalue weighted by atomic mass is 15.0. The minimum atomic E-state index is 0.534. The van der Waals surface area contributed by atoms with Gasteiger partial charge in [0.15, 0.2) is 0 Å². The van der Waals surface area contributed by atoms with E-state index < -0.39 is 0 Å². The second kappa shape index (κ2) is 14.0. The predicted octanol–water partition coefficient (Wildman–Crippen LogP) is 6.59. The van der Waals surface area contributed by atoms with Gasteiger partial charge in [0.2, 0.25) is 0 Å². The van der Waals surface area contributed by atoms with Crippen molar-refractivity contribution < 1.29 is 0 Å². The van der Waals surface area contributed by atoms with E-state index in [1.165, 1.54) is 129 Å². The highest BCUT2D eigenvalue weighted by molar-refractivity contribution is 4.98. The van der Waals surface area contributed by atoms with Crippen LogP contribution in [0.25, 0.3) is 0 Å². The van der Waals surface area contributed by atoms with E-state index in [1.54, 1.807) is 0 Å². The summed E-state index contributed by atoms with van der Waals surface area (Å²) in [5, 5.41) is 7.56. The number of rotatable bonds is 17. The van der Waals surface area contributed by atoms with Crippen molar-refractivity contribution in [1.29, 1.82) is 0 Å². The molecule has 3 aliphatic carbocycles. The van der Waals surface area contributed by atoms with Gasteiger partial charge in [-0.1, -0.05) is 77.6 Å². The second-order valence-corrected chi connectivity index (χ2v) is 9.33. The normalized spacial score (nSPS) is 25.0. The van der Waals surface area contributed by atoms with E-state index in [0.717, 1.165) is 12.5 Å². The predicted molar refractivity (Wildman–Crippen MR) is 116 cm³/mol. The fourth-order valence-electron chi connectivity index (χ4n) is 5.15. The number of fused-ring (bicyclic) bond motifs is 3. The quantitative estimate of drug-likeness (QED) is 0.284. The molecule has 0 atom stereocenters. The third kappa shape index (κ3) is 9.22. The first-order chi connectivity index (χ1) is 12.8. The topological polar surface area (TPSA) is 24.1 Å². The average molecular weight is 365 g/mol. The zero-order valence-electron chi connectivity index (χ0n) is 17.9. The summed E-state index contributed by atoms with van der Waals surface area (Å²) in [6.45, 7) is 5.84. The van der Waals surface area contributed by atoms with E-state index in [0.29, 0.717) is 5.54 Å². The molecule has 0 unspecified atom stereocenters. The van der Waals surface area contributed by atoms with Crippen LogP contribution >= 0.6 is 0 Å². The Hall–Kier alpha value is -0.0800. The van der Waals surface area contributed by atoms with Crippen LogP contribution < -0.4 is 10.6 Å². The molecule has 0 amide bonds. The Kier molecular flexibility index (Phi) is 12.0. The molecule has 0 aromatic carbocycles. The Labute approximate surface area is 164 Å². The third-order valence-electron chi connectivity index (χ3n) is 7.10. The van der Waals surface area contributed by atoms with Crippen molar-refractivity contribution in [2.45, 2.75) is 128 Å². The Bertz CT molecular complexity index is 306. The lowest BCUT2D eigenvalue weighted by Crippen LogP contribution is -2.53. The highest BCUT2D eigenvalue weighted by Crippen LogP contribution is 2.43. The van der Waals surface area contributed by atoms with Crippen molar-refractivity contribution in [3.05, 3.63) is 0 Å². The standard InChI is InChI=1S/C24H48N2/c1-2-3-4-5-6-7-8-9-10-11-12-13-20-25-21-22-26-24-17-14-23(15-18-24)16-19-24/h23,25-26H,2-22H2,1H3. The van der Waals surface area contributed by atoms with Gasteiger partial charge in [-0.15, -0.1) is 0 Å². The molecule has 0 aliphatic heterocycles. The molecular formula is C24H48N2. The van der Waals surface area contributed by atoms with Crippen molar-refractivity contribution in [2.24, 2.45) is 5.92 Å². The van der Waals surface area contributed by atoms with Crippen LogP contribution in [0, 0.1) is 5.92 Å². The Morgan fingerprint density at radius 1 is 0.615 bits per heavy atom. The van der Waals surface area contributed by atoms with Crippen LogP contribution in [-0.2, 0) is 0 Å². The van der Waals surface area contributed by atoms with E-state index in [4.69, 9.17) is 0 Å². The summed E-state index contributed by atoms with van der Waals surface area (Å²) in [6.07, 6.45) is 26.1. The summed E-state index contributed by atoms with van der Waals surface area (Å²) >= 11 is 0. The molecule has 0 saturated heterocycles. The fraction of sp³-hybridized carbons (Fsp3) is 1.00. The van der Waals surface area contributed by atoms with Crippen LogP contribution in [0.15, 0.2) is 0 Å². The van der Waals surface area contributed by atoms with Gasteiger partial charge in [-0.3, -0.25) is 0 Å². The van der Waals surface area contributed by atoms with Crippen molar-refractivity contribution in [3.8, 4) is 0 Å². The van der Waals surface area contributed by atoms with Crippen molar-refractivity contribution in [1.82, 2.24) is 10.6 Å². The Balaban J connectivity index is 1.27. The first-order valence-corrected chi connectivity index (χ1v) is 12.3. The molecule has 2 nitrogen and oxygen atoms in total. The molecule has 3 fully saturated rings. The molecule has 0 spiro atoms. The lowest BCUT2D eigenvalue weighted by molar-refractivity contribution is 0.106. The summed E-state index contributed by atoms with van der Waals surface area (Å²) in [5.41, 5.74) is 0.534. The van der Waals surface area contributed by atoms with Crippen LogP contribution in [0.1, 0.15) is 122 Å². The largest absolute Gasteiger partial charge is 0.315 e. The van der Waals surface area contributed by atoms with Gasteiger partial charge in [0.25, 0.3) is 0 Å². The minimum absolute atomic E-state index is 0.534. The molecule has 2 N–H and O–H groups in total.